The van der Waals surface area contributed by atoms with E-state index in [1.807, 2.05) is 0 Å². The summed E-state index contributed by atoms with van der Waals surface area (Å²) >= 11 is 0. The van der Waals surface area contributed by atoms with Crippen LogP contribution in [0.15, 0.2) is 0 Å². The van der Waals surface area contributed by atoms with Crippen LogP contribution in [0.5, 0.6) is 0 Å². The molecule has 0 aromatic heterocycles. The lowest BCUT2D eigenvalue weighted by molar-refractivity contribution is -0.137. The standard InChI is InChI=1S/C14H25N3O3/c1-16-6-2-3-12(8-16)7-15-14(20)17(10-13(18)19)9-11-4-5-11/h11-12H,2-10H2,1H3,(H,15,20)(H,18,19). The zero-order valence-corrected chi connectivity index (χ0v) is 12.2. The van der Waals surface area contributed by atoms with Crippen LogP contribution >= 0.6 is 0 Å². The second kappa shape index (κ2) is 6.92. The van der Waals surface area contributed by atoms with E-state index in [0.717, 1.165) is 38.8 Å². The van der Waals surface area contributed by atoms with Crippen molar-refractivity contribution in [2.45, 2.75) is 25.7 Å². The zero-order chi connectivity index (χ0) is 14.5. The van der Waals surface area contributed by atoms with Crippen molar-refractivity contribution in [2.75, 3.05) is 39.8 Å². The van der Waals surface area contributed by atoms with Gasteiger partial charge in [-0.1, -0.05) is 0 Å². The molecule has 0 aromatic carbocycles. The molecule has 20 heavy (non-hydrogen) atoms. The van der Waals surface area contributed by atoms with Crippen molar-refractivity contribution in [1.82, 2.24) is 15.1 Å². The fourth-order valence-corrected chi connectivity index (χ4v) is 2.78. The number of amides is 2. The molecule has 1 aliphatic carbocycles. The van der Waals surface area contributed by atoms with Gasteiger partial charge in [-0.25, -0.2) is 4.79 Å². The number of piperidine rings is 1. The lowest BCUT2D eigenvalue weighted by Gasteiger charge is -2.30. The van der Waals surface area contributed by atoms with Crippen LogP contribution in [0.1, 0.15) is 25.7 Å². The van der Waals surface area contributed by atoms with Gasteiger partial charge in [0.25, 0.3) is 0 Å². The quantitative estimate of drug-likeness (QED) is 0.757. The van der Waals surface area contributed by atoms with Crippen molar-refractivity contribution in [2.24, 2.45) is 11.8 Å². The van der Waals surface area contributed by atoms with E-state index in [2.05, 4.69) is 17.3 Å². The molecule has 6 heteroatoms. The summed E-state index contributed by atoms with van der Waals surface area (Å²) in [5.74, 6) is 0.0319. The molecule has 0 aromatic rings. The predicted octanol–water partition coefficient (Wildman–Crippen LogP) is 0.834. The Hall–Kier alpha value is -1.30. The third-order valence-electron chi connectivity index (χ3n) is 4.05. The SMILES string of the molecule is CN1CCCC(CNC(=O)N(CC(=O)O)CC2CC2)C1. The van der Waals surface area contributed by atoms with E-state index >= 15 is 0 Å². The van der Waals surface area contributed by atoms with Crippen molar-refractivity contribution >= 4 is 12.0 Å². The summed E-state index contributed by atoms with van der Waals surface area (Å²) < 4.78 is 0. The summed E-state index contributed by atoms with van der Waals surface area (Å²) in [5, 5.41) is 11.8. The molecule has 2 amide bonds. The molecule has 0 bridgehead atoms. The lowest BCUT2D eigenvalue weighted by atomic mass is 9.99. The van der Waals surface area contributed by atoms with Crippen LogP contribution in [0.4, 0.5) is 4.79 Å². The highest BCUT2D eigenvalue weighted by Crippen LogP contribution is 2.29. The van der Waals surface area contributed by atoms with Gasteiger partial charge in [0.15, 0.2) is 0 Å². The maximum Gasteiger partial charge on any atom is 0.323 e. The van der Waals surface area contributed by atoms with Crippen molar-refractivity contribution in [3.63, 3.8) is 0 Å². The molecule has 0 spiro atoms. The van der Waals surface area contributed by atoms with Gasteiger partial charge < -0.3 is 20.2 Å². The normalized spacial score (nSPS) is 23.4. The molecule has 6 nitrogen and oxygen atoms in total. The molecule has 1 unspecified atom stereocenters. The first-order valence-electron chi connectivity index (χ1n) is 7.47. The molecule has 2 fully saturated rings. The number of carboxylic acid groups (broad SMARTS) is 1. The number of hydrogen-bond acceptors (Lipinski definition) is 3. The Morgan fingerprint density at radius 3 is 2.65 bits per heavy atom. The zero-order valence-electron chi connectivity index (χ0n) is 12.2. The predicted molar refractivity (Wildman–Crippen MR) is 75.6 cm³/mol. The number of hydrogen-bond donors (Lipinski definition) is 2. The Morgan fingerprint density at radius 2 is 2.05 bits per heavy atom. The topological polar surface area (TPSA) is 72.9 Å². The highest BCUT2D eigenvalue weighted by atomic mass is 16.4. The first kappa shape index (κ1) is 15.1. The number of carboxylic acids is 1. The monoisotopic (exact) mass is 283 g/mol. The number of carbonyl (C=O) groups excluding carboxylic acids is 1. The average molecular weight is 283 g/mol. The van der Waals surface area contributed by atoms with Gasteiger partial charge in [0, 0.05) is 19.6 Å². The Morgan fingerprint density at radius 1 is 1.30 bits per heavy atom. The van der Waals surface area contributed by atoms with Crippen LogP contribution < -0.4 is 5.32 Å². The Kier molecular flexibility index (Phi) is 5.23. The molecular weight excluding hydrogens is 258 g/mol. The minimum atomic E-state index is -0.946. The van der Waals surface area contributed by atoms with Gasteiger partial charge in [-0.2, -0.15) is 0 Å². The largest absolute Gasteiger partial charge is 0.480 e. The number of carbonyl (C=O) groups is 2. The highest BCUT2D eigenvalue weighted by molar-refractivity contribution is 5.80. The van der Waals surface area contributed by atoms with Crippen LogP contribution in [0, 0.1) is 11.8 Å². The van der Waals surface area contributed by atoms with Gasteiger partial charge >= 0.3 is 12.0 Å². The smallest absolute Gasteiger partial charge is 0.323 e. The van der Waals surface area contributed by atoms with Crippen molar-refractivity contribution in [3.8, 4) is 0 Å². The fourth-order valence-electron chi connectivity index (χ4n) is 2.78. The van der Waals surface area contributed by atoms with E-state index in [9.17, 15) is 9.59 Å². The molecule has 0 radical (unpaired) electrons. The highest BCUT2D eigenvalue weighted by Gasteiger charge is 2.28. The van der Waals surface area contributed by atoms with Gasteiger partial charge in [-0.3, -0.25) is 4.79 Å². The number of likely N-dealkylation sites (tertiary alicyclic amines) is 1. The first-order chi connectivity index (χ1) is 9.54. The number of rotatable bonds is 6. The molecule has 2 aliphatic rings. The van der Waals surface area contributed by atoms with Gasteiger partial charge in [0.1, 0.15) is 6.54 Å². The molecule has 114 valence electrons. The second-order valence-electron chi connectivity index (χ2n) is 6.17. The minimum Gasteiger partial charge on any atom is -0.480 e. The number of nitrogens with zero attached hydrogens (tertiary/aromatic N) is 2. The van der Waals surface area contributed by atoms with Crippen LogP contribution in [-0.4, -0.2) is 66.7 Å². The van der Waals surface area contributed by atoms with Crippen LogP contribution in [0.25, 0.3) is 0 Å². The van der Waals surface area contributed by atoms with E-state index in [-0.39, 0.29) is 12.6 Å². The molecule has 1 heterocycles. The van der Waals surface area contributed by atoms with E-state index < -0.39 is 5.97 Å². The van der Waals surface area contributed by atoms with E-state index in [4.69, 9.17) is 5.11 Å². The van der Waals surface area contributed by atoms with Gasteiger partial charge in [0.05, 0.1) is 0 Å². The van der Waals surface area contributed by atoms with Crippen LogP contribution in [-0.2, 0) is 4.79 Å². The molecule has 1 atom stereocenters. The van der Waals surface area contributed by atoms with Gasteiger partial charge in [0.2, 0.25) is 0 Å². The summed E-state index contributed by atoms with van der Waals surface area (Å²) in [4.78, 5) is 26.7. The summed E-state index contributed by atoms with van der Waals surface area (Å²) in [7, 11) is 2.10. The molecule has 1 saturated carbocycles. The summed E-state index contributed by atoms with van der Waals surface area (Å²) in [6.45, 7) is 3.14. The maximum absolute atomic E-state index is 12.1. The summed E-state index contributed by atoms with van der Waals surface area (Å²) in [6, 6.07) is -0.229. The fraction of sp³-hybridized carbons (Fsp3) is 0.857. The molecule has 1 aliphatic heterocycles. The van der Waals surface area contributed by atoms with Crippen molar-refractivity contribution in [3.05, 3.63) is 0 Å². The Bertz CT molecular complexity index is 358. The maximum atomic E-state index is 12.1. The number of nitrogens with one attached hydrogen (secondary N) is 1. The lowest BCUT2D eigenvalue weighted by Crippen LogP contribution is -2.46. The molecule has 2 rings (SSSR count). The van der Waals surface area contributed by atoms with Gasteiger partial charge in [-0.05, 0) is 51.1 Å². The average Bonchev–Trinajstić information content (AvgIpc) is 3.19. The van der Waals surface area contributed by atoms with E-state index in [1.54, 1.807) is 0 Å². The molecule has 2 N–H and O–H groups in total. The third-order valence-corrected chi connectivity index (χ3v) is 4.05. The van der Waals surface area contributed by atoms with E-state index in [1.165, 1.54) is 4.90 Å². The molecule has 1 saturated heterocycles. The number of urea groups is 1. The van der Waals surface area contributed by atoms with Crippen molar-refractivity contribution < 1.29 is 14.7 Å². The first-order valence-corrected chi connectivity index (χ1v) is 7.47. The van der Waals surface area contributed by atoms with E-state index in [0.29, 0.717) is 24.9 Å². The van der Waals surface area contributed by atoms with Gasteiger partial charge in [-0.15, -0.1) is 0 Å². The Labute approximate surface area is 120 Å². The van der Waals surface area contributed by atoms with Crippen LogP contribution in [0.3, 0.4) is 0 Å². The summed E-state index contributed by atoms with van der Waals surface area (Å²) in [5.41, 5.74) is 0. The number of aliphatic carboxylic acids is 1. The van der Waals surface area contributed by atoms with Crippen molar-refractivity contribution in [1.29, 1.82) is 0 Å². The second-order valence-corrected chi connectivity index (χ2v) is 6.17. The summed E-state index contributed by atoms with van der Waals surface area (Å²) in [6.07, 6.45) is 4.51. The third kappa shape index (κ3) is 5.00. The Balaban J connectivity index is 1.76. The minimum absolute atomic E-state index is 0.201. The van der Waals surface area contributed by atoms with Crippen LogP contribution in [0.2, 0.25) is 0 Å². The molecular formula is C14H25N3O3.